The van der Waals surface area contributed by atoms with E-state index in [1.165, 1.54) is 25.7 Å². The van der Waals surface area contributed by atoms with Crippen molar-refractivity contribution in [2.75, 3.05) is 33.0 Å². The van der Waals surface area contributed by atoms with E-state index < -0.39 is 17.9 Å². The molecule has 0 bridgehead atoms. The lowest BCUT2D eigenvalue weighted by molar-refractivity contribution is -0.148. The molecule has 12 heteroatoms. The van der Waals surface area contributed by atoms with Crippen LogP contribution in [-0.4, -0.2) is 84.3 Å². The minimum Gasteiger partial charge on any atom is -0.481 e. The van der Waals surface area contributed by atoms with Crippen LogP contribution in [0.5, 0.6) is 0 Å². The highest BCUT2D eigenvalue weighted by Gasteiger charge is 2.56. The van der Waals surface area contributed by atoms with Gasteiger partial charge in [-0.25, -0.2) is 0 Å². The molecule has 0 aromatic carbocycles. The molecule has 3 atom stereocenters. The Labute approximate surface area is 294 Å². The van der Waals surface area contributed by atoms with Gasteiger partial charge in [0.1, 0.15) is 13.2 Å². The lowest BCUT2D eigenvalue weighted by atomic mass is 9.95. The van der Waals surface area contributed by atoms with E-state index >= 15 is 0 Å². The smallest absolute Gasteiger partial charge is 0.309 e. The van der Waals surface area contributed by atoms with Gasteiger partial charge in [0.15, 0.2) is 0 Å². The highest BCUT2D eigenvalue weighted by atomic mass is 16.6. The van der Waals surface area contributed by atoms with E-state index in [1.54, 1.807) is 0 Å². The van der Waals surface area contributed by atoms with E-state index in [2.05, 4.69) is 13.8 Å². The highest BCUT2D eigenvalue weighted by molar-refractivity contribution is 5.78. The first-order valence-corrected chi connectivity index (χ1v) is 18.6. The Bertz CT molecular complexity index is 908. The average Bonchev–Trinajstić information content (AvgIpc) is 3.72. The van der Waals surface area contributed by atoms with Gasteiger partial charge in [-0.05, 0) is 51.4 Å². The first kappa shape index (κ1) is 46.3. The molecule has 1 fully saturated rings. The topological polar surface area (TPSA) is 183 Å². The molecule has 3 unspecified atom stereocenters. The number of esters is 2. The lowest BCUT2D eigenvalue weighted by Gasteiger charge is -2.14. The van der Waals surface area contributed by atoms with Gasteiger partial charge in [0.05, 0.1) is 31.3 Å². The first-order chi connectivity index (χ1) is 23.4. The van der Waals surface area contributed by atoms with Crippen molar-refractivity contribution < 1.29 is 58.2 Å². The van der Waals surface area contributed by atoms with Crippen LogP contribution >= 0.6 is 0 Å². The Kier molecular flexibility index (Phi) is 28.4. The van der Waals surface area contributed by atoms with E-state index in [0.29, 0.717) is 38.2 Å². The number of carboxylic acid groups (broad SMARTS) is 3. The molecule has 0 aromatic rings. The molecule has 0 saturated heterocycles. The van der Waals surface area contributed by atoms with Gasteiger partial charge in [0, 0.05) is 25.7 Å². The van der Waals surface area contributed by atoms with Crippen molar-refractivity contribution in [2.45, 2.75) is 162 Å². The Morgan fingerprint density at radius 1 is 0.633 bits per heavy atom. The molecular weight excluding hydrogens is 636 g/mol. The molecule has 0 aromatic heterocycles. The molecule has 286 valence electrons. The number of unbranched alkanes of at least 4 members (excludes halogenated alkanes) is 12. The molecule has 49 heavy (non-hydrogen) atoms. The summed E-state index contributed by atoms with van der Waals surface area (Å²) < 4.78 is 21.2. The third-order valence-electron chi connectivity index (χ3n) is 8.74. The first-order valence-electron chi connectivity index (χ1n) is 18.6. The minimum atomic E-state index is -0.774. The molecule has 0 spiro atoms. The van der Waals surface area contributed by atoms with Crippen LogP contribution in [0.4, 0.5) is 0 Å². The third kappa shape index (κ3) is 27.7. The molecule has 12 nitrogen and oxygen atoms in total. The van der Waals surface area contributed by atoms with Crippen LogP contribution in [0.25, 0.3) is 0 Å². The summed E-state index contributed by atoms with van der Waals surface area (Å²) >= 11 is 0. The van der Waals surface area contributed by atoms with Crippen LogP contribution in [0.15, 0.2) is 0 Å². The van der Waals surface area contributed by atoms with E-state index in [-0.39, 0.29) is 62.7 Å². The molecule has 3 N–H and O–H groups in total. The van der Waals surface area contributed by atoms with Crippen LogP contribution in [0, 0.1) is 11.3 Å². The summed E-state index contributed by atoms with van der Waals surface area (Å²) in [5, 5.41) is 26.2. The number of aliphatic carboxylic acids is 3. The molecule has 1 aliphatic carbocycles. The summed E-state index contributed by atoms with van der Waals surface area (Å²) in [6, 6.07) is 0. The second-order valence-corrected chi connectivity index (χ2v) is 13.3. The number of rotatable bonds is 32. The van der Waals surface area contributed by atoms with Gasteiger partial charge < -0.3 is 34.3 Å². The van der Waals surface area contributed by atoms with Crippen molar-refractivity contribution in [3.63, 3.8) is 0 Å². The fraction of sp³-hybridized carbons (Fsp3) is 0.865. The number of carbonyl (C=O) groups excluding carboxylic acids is 2. The summed E-state index contributed by atoms with van der Waals surface area (Å²) in [5.41, 5.74) is -0.327. The van der Waals surface area contributed by atoms with E-state index in [1.807, 2.05) is 6.92 Å². The molecule has 0 heterocycles. The number of hydrogen-bond acceptors (Lipinski definition) is 9. The van der Waals surface area contributed by atoms with Crippen molar-refractivity contribution in [1.82, 2.24) is 0 Å². The fourth-order valence-electron chi connectivity index (χ4n) is 5.50. The normalized spacial score (nSPS) is 17.0. The van der Waals surface area contributed by atoms with Gasteiger partial charge in [0.2, 0.25) is 0 Å². The number of carbonyl (C=O) groups is 5. The van der Waals surface area contributed by atoms with Gasteiger partial charge in [0.25, 0.3) is 0 Å². The highest BCUT2D eigenvalue weighted by Crippen LogP contribution is 2.56. The van der Waals surface area contributed by atoms with Crippen LogP contribution in [0.3, 0.4) is 0 Å². The predicted octanol–water partition coefficient (Wildman–Crippen LogP) is 7.58. The van der Waals surface area contributed by atoms with Crippen LogP contribution < -0.4 is 0 Å². The minimum absolute atomic E-state index is 0.180. The second kappa shape index (κ2) is 30.1. The molecule has 0 amide bonds. The average molecular weight is 703 g/mol. The lowest BCUT2D eigenvalue weighted by Crippen LogP contribution is -2.21. The Hall–Kier alpha value is -2.73. The van der Waals surface area contributed by atoms with Crippen LogP contribution in [-0.2, 0) is 42.9 Å². The predicted molar refractivity (Wildman–Crippen MR) is 185 cm³/mol. The van der Waals surface area contributed by atoms with Crippen molar-refractivity contribution in [3.8, 4) is 0 Å². The number of carboxylic acids is 3. The van der Waals surface area contributed by atoms with Gasteiger partial charge in [-0.1, -0.05) is 84.5 Å². The molecular formula is C37H66O12. The molecule has 0 aliphatic heterocycles. The summed E-state index contributed by atoms with van der Waals surface area (Å²) in [6.07, 6.45) is 16.9. The largest absolute Gasteiger partial charge is 0.481 e. The van der Waals surface area contributed by atoms with Crippen molar-refractivity contribution >= 4 is 29.8 Å². The van der Waals surface area contributed by atoms with Crippen molar-refractivity contribution in [3.05, 3.63) is 0 Å². The Morgan fingerprint density at radius 3 is 1.51 bits per heavy atom. The maximum absolute atomic E-state index is 11.7. The third-order valence-corrected chi connectivity index (χ3v) is 8.74. The standard InChI is InChI=1S/C25H44O10.C12H22O2/c1-21(33-18-19-35-25(31)15-11-7-3-5-9-13-23(28)29)20-32-16-17-34-24(30)14-10-6-2-4-8-12-22(26)27;1-3-4-5-6-7-8-12(11(13)14)9-10(12)2/h21H,2-20H2,1H3,(H,26,27)(H,28,29);10H,3-9H2,1-2H3,(H,13,14). The maximum atomic E-state index is 11.7. The zero-order valence-electron chi connectivity index (χ0n) is 30.6. The zero-order valence-corrected chi connectivity index (χ0v) is 30.6. The molecule has 1 aliphatic rings. The van der Waals surface area contributed by atoms with Crippen LogP contribution in [0.1, 0.15) is 156 Å². The van der Waals surface area contributed by atoms with Gasteiger partial charge in [-0.2, -0.15) is 0 Å². The van der Waals surface area contributed by atoms with E-state index in [4.69, 9.17) is 34.3 Å². The molecule has 1 rings (SSSR count). The Morgan fingerprint density at radius 2 is 1.06 bits per heavy atom. The second-order valence-electron chi connectivity index (χ2n) is 13.3. The van der Waals surface area contributed by atoms with Gasteiger partial charge >= 0.3 is 29.8 Å². The number of ether oxygens (including phenoxy) is 4. The summed E-state index contributed by atoms with van der Waals surface area (Å²) in [7, 11) is 0. The Balaban J connectivity index is 0.00000136. The zero-order chi connectivity index (χ0) is 36.8. The van der Waals surface area contributed by atoms with Crippen LogP contribution in [0.2, 0.25) is 0 Å². The fourth-order valence-corrected chi connectivity index (χ4v) is 5.50. The molecule has 1 saturated carbocycles. The summed E-state index contributed by atoms with van der Waals surface area (Å²) in [4.78, 5) is 55.2. The van der Waals surface area contributed by atoms with E-state index in [0.717, 1.165) is 70.6 Å². The monoisotopic (exact) mass is 702 g/mol. The van der Waals surface area contributed by atoms with Gasteiger partial charge in [-0.15, -0.1) is 0 Å². The number of hydrogen-bond donors (Lipinski definition) is 3. The van der Waals surface area contributed by atoms with E-state index in [9.17, 15) is 24.0 Å². The van der Waals surface area contributed by atoms with Crippen molar-refractivity contribution in [1.29, 1.82) is 0 Å². The maximum Gasteiger partial charge on any atom is 0.309 e. The van der Waals surface area contributed by atoms with Gasteiger partial charge in [-0.3, -0.25) is 24.0 Å². The molecule has 0 radical (unpaired) electrons. The van der Waals surface area contributed by atoms with Crippen molar-refractivity contribution in [2.24, 2.45) is 11.3 Å². The quantitative estimate of drug-likeness (QED) is 0.0462. The SMILES string of the molecule is CC(COCCOC(=O)CCCCCCCC(=O)O)OCCOC(=O)CCCCCCCC(=O)O.CCCCCCCC1(C(=O)O)CC1C. The summed E-state index contributed by atoms with van der Waals surface area (Å²) in [5.74, 6) is -2.23. The summed E-state index contributed by atoms with van der Waals surface area (Å²) in [6.45, 7) is 7.34.